The number of aliphatic carboxylic acids is 1. The quantitative estimate of drug-likeness (QED) is 0.139. The average molecular weight is 619 g/mol. The summed E-state index contributed by atoms with van der Waals surface area (Å²) < 4.78 is 26.9. The molecule has 1 heterocycles. The molecule has 15 heteroatoms. The van der Waals surface area contributed by atoms with Gasteiger partial charge in [-0.2, -0.15) is 5.10 Å². The number of allylic oxidation sites excluding steroid dienone is 1. The van der Waals surface area contributed by atoms with E-state index in [2.05, 4.69) is 21.2 Å². The molecule has 2 aromatic rings. The minimum atomic E-state index is -1.17. The number of nitrogens with one attached hydrogen (secondary N) is 3. The number of hydrogen-bond acceptors (Lipinski definition) is 10. The number of carbonyl (C=O) groups excluding carboxylic acids is 3. The molecule has 0 fully saturated rings. The zero-order valence-electron chi connectivity index (χ0n) is 23.8. The molecule has 0 unspecified atom stereocenters. The first-order valence-electron chi connectivity index (χ1n) is 13.0. The number of esters is 1. The van der Waals surface area contributed by atoms with Crippen molar-refractivity contribution in [3.8, 4) is 23.0 Å². The Balaban J connectivity index is 1.67. The Labute approximate surface area is 251 Å². The lowest BCUT2D eigenvalue weighted by atomic mass is 9.95. The first-order chi connectivity index (χ1) is 20.6. The molecule has 3 amide bonds. The van der Waals surface area contributed by atoms with E-state index < -0.39 is 43.1 Å². The number of halogens is 1. The molecule has 0 aliphatic carbocycles. The first-order valence-corrected chi connectivity index (χ1v) is 13.3. The normalized spacial score (nSPS) is 14.4. The molecule has 0 saturated carbocycles. The number of ether oxygens (including phenoxy) is 5. The van der Waals surface area contributed by atoms with Crippen molar-refractivity contribution in [1.29, 1.82) is 0 Å². The molecule has 0 saturated heterocycles. The molecule has 0 bridgehead atoms. The van der Waals surface area contributed by atoms with Gasteiger partial charge in [-0.05, 0) is 56.2 Å². The van der Waals surface area contributed by atoms with E-state index in [0.717, 1.165) is 0 Å². The highest BCUT2D eigenvalue weighted by Gasteiger charge is 2.32. The van der Waals surface area contributed by atoms with Crippen LogP contribution >= 0.6 is 11.6 Å². The number of carbonyl (C=O) groups is 4. The van der Waals surface area contributed by atoms with Crippen LogP contribution in [0.15, 0.2) is 46.7 Å². The van der Waals surface area contributed by atoms with Gasteiger partial charge >= 0.3 is 18.0 Å². The third-order valence-electron chi connectivity index (χ3n) is 5.72. The molecule has 0 radical (unpaired) electrons. The molecule has 43 heavy (non-hydrogen) atoms. The molecule has 3 rings (SSSR count). The van der Waals surface area contributed by atoms with E-state index in [4.69, 9.17) is 40.4 Å². The number of amides is 3. The van der Waals surface area contributed by atoms with Crippen molar-refractivity contribution in [2.24, 2.45) is 5.10 Å². The van der Waals surface area contributed by atoms with Gasteiger partial charge in [-0.15, -0.1) is 0 Å². The summed E-state index contributed by atoms with van der Waals surface area (Å²) in [4.78, 5) is 47.9. The lowest BCUT2D eigenvalue weighted by Gasteiger charge is -2.28. The highest BCUT2D eigenvalue weighted by atomic mass is 35.5. The summed E-state index contributed by atoms with van der Waals surface area (Å²) in [5, 5.41) is 18.1. The van der Waals surface area contributed by atoms with E-state index in [1.807, 2.05) is 0 Å². The van der Waals surface area contributed by atoms with Gasteiger partial charge in [0, 0.05) is 5.70 Å². The van der Waals surface area contributed by atoms with Crippen LogP contribution in [0.5, 0.6) is 23.0 Å². The predicted molar refractivity (Wildman–Crippen MR) is 154 cm³/mol. The molecular formula is C28H31ClN4O10. The highest BCUT2D eigenvalue weighted by molar-refractivity contribution is 6.32. The van der Waals surface area contributed by atoms with Crippen LogP contribution < -0.4 is 35.0 Å². The summed E-state index contributed by atoms with van der Waals surface area (Å²) in [6.45, 7) is 4.44. The van der Waals surface area contributed by atoms with E-state index in [1.165, 1.54) is 25.5 Å². The predicted octanol–water partition coefficient (Wildman–Crippen LogP) is 2.93. The maximum Gasteiger partial charge on any atom is 0.341 e. The summed E-state index contributed by atoms with van der Waals surface area (Å²) in [5.41, 5.74) is 3.91. The van der Waals surface area contributed by atoms with Crippen molar-refractivity contribution in [3.05, 3.63) is 57.8 Å². The third kappa shape index (κ3) is 8.75. The van der Waals surface area contributed by atoms with Crippen LogP contribution in [0.2, 0.25) is 5.02 Å². The maximum atomic E-state index is 12.6. The SMILES string of the molecule is CCOC(=O)C1=C(C)NC(=O)N[C@@H]1c1ccc(OCC(=O)N/N=C\c2cc(Cl)c(OCC(=O)O)c(OCC)c2)c(OC)c1. The number of carboxylic acid groups (broad SMARTS) is 1. The lowest BCUT2D eigenvalue weighted by molar-refractivity contribution is -0.140. The van der Waals surface area contributed by atoms with Crippen LogP contribution in [0.3, 0.4) is 0 Å². The number of carboxylic acids is 1. The van der Waals surface area contributed by atoms with Crippen LogP contribution in [-0.2, 0) is 19.1 Å². The smallest absolute Gasteiger partial charge is 0.341 e. The number of hydrazone groups is 1. The van der Waals surface area contributed by atoms with Gasteiger partial charge in [0.05, 0.1) is 43.2 Å². The van der Waals surface area contributed by atoms with Crippen LogP contribution in [0.1, 0.15) is 37.9 Å². The maximum absolute atomic E-state index is 12.6. The molecule has 2 aromatic carbocycles. The van der Waals surface area contributed by atoms with Crippen LogP contribution in [-0.4, -0.2) is 68.7 Å². The summed E-state index contributed by atoms with van der Waals surface area (Å²) >= 11 is 6.23. The fourth-order valence-electron chi connectivity index (χ4n) is 3.96. The second-order valence-corrected chi connectivity index (χ2v) is 9.14. The fraction of sp³-hybridized carbons (Fsp3) is 0.321. The fourth-order valence-corrected chi connectivity index (χ4v) is 4.23. The van der Waals surface area contributed by atoms with Gasteiger partial charge in [0.2, 0.25) is 0 Å². The van der Waals surface area contributed by atoms with E-state index in [-0.39, 0.29) is 46.8 Å². The zero-order chi connectivity index (χ0) is 31.5. The Morgan fingerprint density at radius 1 is 1.05 bits per heavy atom. The first kappa shape index (κ1) is 32.5. The van der Waals surface area contributed by atoms with Crippen LogP contribution in [0.4, 0.5) is 4.79 Å². The Morgan fingerprint density at radius 2 is 1.81 bits per heavy atom. The summed E-state index contributed by atoms with van der Waals surface area (Å²) in [5.74, 6) is -1.56. The highest BCUT2D eigenvalue weighted by Crippen LogP contribution is 2.37. The van der Waals surface area contributed by atoms with E-state index in [1.54, 1.807) is 39.0 Å². The van der Waals surface area contributed by atoms with Crippen molar-refractivity contribution in [3.63, 3.8) is 0 Å². The molecule has 4 N–H and O–H groups in total. The second-order valence-electron chi connectivity index (χ2n) is 8.73. The van der Waals surface area contributed by atoms with Crippen molar-refractivity contribution in [2.75, 3.05) is 33.5 Å². The average Bonchev–Trinajstić information content (AvgIpc) is 2.95. The van der Waals surface area contributed by atoms with Gasteiger partial charge in [0.15, 0.2) is 36.2 Å². The number of benzene rings is 2. The number of rotatable bonds is 14. The second kappa shape index (κ2) is 15.3. The summed E-state index contributed by atoms with van der Waals surface area (Å²) in [7, 11) is 1.41. The Kier molecular flexibility index (Phi) is 11.6. The third-order valence-corrected chi connectivity index (χ3v) is 6.00. The molecule has 0 spiro atoms. The lowest BCUT2D eigenvalue weighted by Crippen LogP contribution is -2.45. The van der Waals surface area contributed by atoms with Crippen LogP contribution in [0, 0.1) is 0 Å². The van der Waals surface area contributed by atoms with E-state index >= 15 is 0 Å². The van der Waals surface area contributed by atoms with Gasteiger partial charge in [-0.25, -0.2) is 19.8 Å². The molecule has 14 nitrogen and oxygen atoms in total. The number of hydrogen-bond donors (Lipinski definition) is 4. The van der Waals surface area contributed by atoms with Gasteiger partial charge in [0.1, 0.15) is 0 Å². The van der Waals surface area contributed by atoms with E-state index in [0.29, 0.717) is 16.8 Å². The Bertz CT molecular complexity index is 1440. The topological polar surface area (TPSA) is 183 Å². The largest absolute Gasteiger partial charge is 0.493 e. The van der Waals surface area contributed by atoms with Gasteiger partial charge < -0.3 is 39.4 Å². The Morgan fingerprint density at radius 3 is 2.49 bits per heavy atom. The monoisotopic (exact) mass is 618 g/mol. The molecule has 1 atom stereocenters. The van der Waals surface area contributed by atoms with Gasteiger partial charge in [-0.1, -0.05) is 17.7 Å². The minimum Gasteiger partial charge on any atom is -0.493 e. The zero-order valence-corrected chi connectivity index (χ0v) is 24.6. The summed E-state index contributed by atoms with van der Waals surface area (Å²) in [6, 6.07) is 6.46. The standard InChI is InChI=1S/C28H31ClN4O10/c1-5-40-21-10-16(9-18(29)26(21)43-14-23(35)36)12-30-33-22(34)13-42-19-8-7-17(11-20(19)39-4)25-24(27(37)41-6-2)15(3)31-28(38)32-25/h7-12,25H,5-6,13-14H2,1-4H3,(H,33,34)(H,35,36)(H2,31,32,38)/b30-12-/t25-/m1/s1. The molecule has 230 valence electrons. The summed E-state index contributed by atoms with van der Waals surface area (Å²) in [6.07, 6.45) is 1.31. The molecular weight excluding hydrogens is 588 g/mol. The minimum absolute atomic E-state index is 0.0753. The van der Waals surface area contributed by atoms with Crippen molar-refractivity contribution in [2.45, 2.75) is 26.8 Å². The number of urea groups is 1. The van der Waals surface area contributed by atoms with Crippen molar-refractivity contribution >= 4 is 41.7 Å². The molecule has 0 aromatic heterocycles. The number of nitrogens with zero attached hydrogens (tertiary/aromatic N) is 1. The van der Waals surface area contributed by atoms with Gasteiger partial charge in [-0.3, -0.25) is 4.79 Å². The van der Waals surface area contributed by atoms with Crippen molar-refractivity contribution in [1.82, 2.24) is 16.1 Å². The van der Waals surface area contributed by atoms with Crippen LogP contribution in [0.25, 0.3) is 0 Å². The van der Waals surface area contributed by atoms with E-state index in [9.17, 15) is 19.2 Å². The van der Waals surface area contributed by atoms with Gasteiger partial charge in [0.25, 0.3) is 5.91 Å². The molecule has 1 aliphatic heterocycles. The molecule has 1 aliphatic rings. The number of methoxy groups -OCH3 is 1. The van der Waals surface area contributed by atoms with Crippen molar-refractivity contribution < 1.29 is 48.0 Å². The Hall–Kier alpha value is -4.98.